The summed E-state index contributed by atoms with van der Waals surface area (Å²) in [5.74, 6) is -0.333. The Morgan fingerprint density at radius 2 is 1.71 bits per heavy atom. The van der Waals surface area contributed by atoms with Crippen LogP contribution in [0, 0.1) is 11.8 Å². The predicted molar refractivity (Wildman–Crippen MR) is 51.5 cm³/mol. The maximum Gasteiger partial charge on any atom is 0.160 e. The van der Waals surface area contributed by atoms with E-state index in [9.17, 15) is 15.3 Å². The predicted octanol–water partition coefficient (Wildman–Crippen LogP) is 0.108. The van der Waals surface area contributed by atoms with E-state index in [4.69, 9.17) is 4.74 Å². The summed E-state index contributed by atoms with van der Waals surface area (Å²) in [6, 6.07) is 0. The van der Waals surface area contributed by atoms with Crippen LogP contribution >= 0.6 is 0 Å². The first kappa shape index (κ1) is 11.9. The van der Waals surface area contributed by atoms with Gasteiger partial charge in [-0.05, 0) is 12.3 Å². The zero-order valence-electron chi connectivity index (χ0n) is 8.92. The first-order chi connectivity index (χ1) is 6.49. The van der Waals surface area contributed by atoms with E-state index in [1.54, 1.807) is 0 Å². The van der Waals surface area contributed by atoms with Crippen LogP contribution in [0.3, 0.4) is 0 Å². The number of rotatable bonds is 2. The summed E-state index contributed by atoms with van der Waals surface area (Å²) in [6.07, 6.45) is -2.65. The second-order valence-electron chi connectivity index (χ2n) is 4.28. The summed E-state index contributed by atoms with van der Waals surface area (Å²) in [4.78, 5) is 0. The SMILES string of the molecule is CCC1OC(O)C(C(C)C)C(O)C1O. The summed E-state index contributed by atoms with van der Waals surface area (Å²) in [5, 5.41) is 29.1. The van der Waals surface area contributed by atoms with Gasteiger partial charge in [0.2, 0.25) is 0 Å². The lowest BCUT2D eigenvalue weighted by atomic mass is 9.82. The molecule has 0 spiro atoms. The van der Waals surface area contributed by atoms with Crippen LogP contribution < -0.4 is 0 Å². The molecule has 0 bridgehead atoms. The van der Waals surface area contributed by atoms with E-state index < -0.39 is 30.5 Å². The van der Waals surface area contributed by atoms with Gasteiger partial charge in [-0.2, -0.15) is 0 Å². The Bertz CT molecular complexity index is 183. The Labute approximate surface area is 84.5 Å². The Kier molecular flexibility index (Phi) is 3.89. The Morgan fingerprint density at radius 1 is 1.14 bits per heavy atom. The normalized spacial score (nSPS) is 44.4. The largest absolute Gasteiger partial charge is 0.390 e. The van der Waals surface area contributed by atoms with Crippen molar-refractivity contribution in [1.29, 1.82) is 0 Å². The average molecular weight is 204 g/mol. The summed E-state index contributed by atoms with van der Waals surface area (Å²) < 4.78 is 5.24. The highest BCUT2D eigenvalue weighted by molar-refractivity contribution is 4.89. The van der Waals surface area contributed by atoms with E-state index in [2.05, 4.69) is 0 Å². The Balaban J connectivity index is 2.74. The molecule has 1 heterocycles. The Hall–Kier alpha value is -0.160. The minimum Gasteiger partial charge on any atom is -0.390 e. The van der Waals surface area contributed by atoms with Crippen LogP contribution in [0.5, 0.6) is 0 Å². The van der Waals surface area contributed by atoms with Gasteiger partial charge in [-0.25, -0.2) is 0 Å². The van der Waals surface area contributed by atoms with Crippen LogP contribution in [0.2, 0.25) is 0 Å². The molecule has 4 nitrogen and oxygen atoms in total. The Morgan fingerprint density at radius 3 is 2.14 bits per heavy atom. The van der Waals surface area contributed by atoms with Gasteiger partial charge in [0, 0.05) is 5.92 Å². The molecule has 5 atom stereocenters. The van der Waals surface area contributed by atoms with Crippen molar-refractivity contribution in [3.8, 4) is 0 Å². The second-order valence-corrected chi connectivity index (χ2v) is 4.28. The van der Waals surface area contributed by atoms with Crippen molar-refractivity contribution in [2.24, 2.45) is 11.8 Å². The fourth-order valence-corrected chi connectivity index (χ4v) is 2.03. The quantitative estimate of drug-likeness (QED) is 0.597. The monoisotopic (exact) mass is 204 g/mol. The molecular formula is C10H20O4. The average Bonchev–Trinajstić information content (AvgIpc) is 2.10. The van der Waals surface area contributed by atoms with Crippen LogP contribution in [0.1, 0.15) is 27.2 Å². The molecule has 0 aromatic heterocycles. The fourth-order valence-electron chi connectivity index (χ4n) is 2.03. The van der Waals surface area contributed by atoms with E-state index >= 15 is 0 Å². The van der Waals surface area contributed by atoms with Crippen LogP contribution in [0.15, 0.2) is 0 Å². The molecule has 1 aliphatic rings. The van der Waals surface area contributed by atoms with Crippen molar-refractivity contribution in [3.63, 3.8) is 0 Å². The van der Waals surface area contributed by atoms with E-state index in [-0.39, 0.29) is 5.92 Å². The van der Waals surface area contributed by atoms with Gasteiger partial charge < -0.3 is 20.1 Å². The molecule has 0 amide bonds. The molecule has 4 heteroatoms. The molecule has 3 N–H and O–H groups in total. The maximum atomic E-state index is 9.79. The molecule has 14 heavy (non-hydrogen) atoms. The van der Waals surface area contributed by atoms with Gasteiger partial charge in [0.05, 0.1) is 12.2 Å². The van der Waals surface area contributed by atoms with Gasteiger partial charge in [0.15, 0.2) is 6.29 Å². The van der Waals surface area contributed by atoms with E-state index in [0.29, 0.717) is 6.42 Å². The molecule has 0 aromatic carbocycles. The molecular weight excluding hydrogens is 184 g/mol. The zero-order valence-corrected chi connectivity index (χ0v) is 8.92. The summed E-state index contributed by atoms with van der Waals surface area (Å²) in [6.45, 7) is 5.63. The van der Waals surface area contributed by atoms with Crippen LogP contribution in [-0.2, 0) is 4.74 Å². The maximum absolute atomic E-state index is 9.79. The van der Waals surface area contributed by atoms with E-state index in [1.165, 1.54) is 0 Å². The van der Waals surface area contributed by atoms with Crippen molar-refractivity contribution in [1.82, 2.24) is 0 Å². The highest BCUT2D eigenvalue weighted by atomic mass is 16.6. The van der Waals surface area contributed by atoms with Crippen molar-refractivity contribution in [2.75, 3.05) is 0 Å². The van der Waals surface area contributed by atoms with Gasteiger partial charge in [-0.15, -0.1) is 0 Å². The van der Waals surface area contributed by atoms with Crippen molar-refractivity contribution in [3.05, 3.63) is 0 Å². The minimum absolute atomic E-state index is 0.0763. The van der Waals surface area contributed by atoms with Crippen molar-refractivity contribution >= 4 is 0 Å². The number of aliphatic hydroxyl groups excluding tert-OH is 3. The topological polar surface area (TPSA) is 69.9 Å². The molecule has 0 aliphatic carbocycles. The molecule has 1 saturated heterocycles. The standard InChI is InChI=1S/C10H20O4/c1-4-6-8(11)9(12)7(5(2)3)10(13)14-6/h5-13H,4H2,1-3H3. The van der Waals surface area contributed by atoms with Crippen LogP contribution in [-0.4, -0.2) is 39.9 Å². The first-order valence-electron chi connectivity index (χ1n) is 5.18. The highest BCUT2D eigenvalue weighted by Crippen LogP contribution is 2.31. The molecule has 1 rings (SSSR count). The highest BCUT2D eigenvalue weighted by Gasteiger charge is 2.44. The third kappa shape index (κ3) is 2.08. The summed E-state index contributed by atoms with van der Waals surface area (Å²) in [7, 11) is 0. The number of hydrogen-bond donors (Lipinski definition) is 3. The van der Waals surface area contributed by atoms with E-state index in [0.717, 1.165) is 0 Å². The molecule has 0 aromatic rings. The molecule has 0 radical (unpaired) electrons. The first-order valence-corrected chi connectivity index (χ1v) is 5.18. The zero-order chi connectivity index (χ0) is 10.9. The van der Waals surface area contributed by atoms with E-state index in [1.807, 2.05) is 20.8 Å². The minimum atomic E-state index is -0.974. The van der Waals surface area contributed by atoms with Gasteiger partial charge in [0.1, 0.15) is 6.10 Å². The molecule has 1 fully saturated rings. The molecule has 1 aliphatic heterocycles. The summed E-state index contributed by atoms with van der Waals surface area (Å²) in [5.41, 5.74) is 0. The van der Waals surface area contributed by atoms with Crippen LogP contribution in [0.25, 0.3) is 0 Å². The van der Waals surface area contributed by atoms with Gasteiger partial charge >= 0.3 is 0 Å². The third-order valence-electron chi connectivity index (χ3n) is 2.94. The number of aliphatic hydroxyl groups is 3. The molecule has 5 unspecified atom stereocenters. The third-order valence-corrected chi connectivity index (χ3v) is 2.94. The van der Waals surface area contributed by atoms with Crippen molar-refractivity contribution < 1.29 is 20.1 Å². The lowest BCUT2D eigenvalue weighted by Crippen LogP contribution is -2.55. The van der Waals surface area contributed by atoms with Crippen molar-refractivity contribution in [2.45, 2.75) is 51.8 Å². The molecule has 84 valence electrons. The van der Waals surface area contributed by atoms with Gasteiger partial charge in [-0.1, -0.05) is 20.8 Å². The second kappa shape index (κ2) is 4.57. The fraction of sp³-hybridized carbons (Fsp3) is 1.00. The summed E-state index contributed by atoms with van der Waals surface area (Å²) >= 11 is 0. The lowest BCUT2D eigenvalue weighted by molar-refractivity contribution is -0.272. The number of ether oxygens (including phenoxy) is 1. The lowest BCUT2D eigenvalue weighted by Gasteiger charge is -2.42. The molecule has 0 saturated carbocycles. The smallest absolute Gasteiger partial charge is 0.160 e. The van der Waals surface area contributed by atoms with Crippen LogP contribution in [0.4, 0.5) is 0 Å². The van der Waals surface area contributed by atoms with Gasteiger partial charge in [0.25, 0.3) is 0 Å². The number of hydrogen-bond acceptors (Lipinski definition) is 4. The van der Waals surface area contributed by atoms with Gasteiger partial charge in [-0.3, -0.25) is 0 Å².